The van der Waals surface area contributed by atoms with E-state index in [9.17, 15) is 86.6 Å². The minimum atomic E-state index is -1.81. The van der Waals surface area contributed by atoms with Crippen molar-refractivity contribution in [3.63, 3.8) is 0 Å². The number of thioether (sulfide) groups is 2. The molecule has 11 atom stereocenters. The monoisotopic (exact) mass is 1470 g/mol. The molecule has 1 aromatic carbocycles. The van der Waals surface area contributed by atoms with Crippen molar-refractivity contribution in [1.82, 2.24) is 68.8 Å². The Kier molecular flexibility index (Phi) is 38.7. The molecule has 0 unspecified atom stereocenters. The lowest BCUT2D eigenvalue weighted by Crippen LogP contribution is -2.61. The van der Waals surface area contributed by atoms with Crippen LogP contribution in [-0.4, -0.2) is 214 Å². The average Bonchev–Trinajstić information content (AvgIpc) is 1.63. The summed E-state index contributed by atoms with van der Waals surface area (Å²) in [6.07, 6.45) is -0.966. The quantitative estimate of drug-likeness (QED) is 0.0295. The van der Waals surface area contributed by atoms with Gasteiger partial charge >= 0.3 is 11.9 Å². The lowest BCUT2D eigenvalue weighted by atomic mass is 9.97. The van der Waals surface area contributed by atoms with E-state index in [1.165, 1.54) is 32.5 Å². The van der Waals surface area contributed by atoms with Crippen LogP contribution in [0, 0.1) is 11.8 Å². The number of ether oxygens (including phenoxy) is 1. The number of rotatable bonds is 28. The molecule has 0 aliphatic carbocycles. The maximum Gasteiger partial charge on any atom is 0.306 e. The SMILES string of the molecule is CCOC(=O)CCSC(=O)CCNC(=O)[C@@H]1CCC(=O)N[C@@H]([C@@H](C)CC)C(=O)N[C@@H](CC(N)=O)C(=O)N[C@@H](CCSC)C(=O)N[C@@H](Cc2c[nH]c3ccccc23)C(=O)N[C@@H](CCC(N)=O)C(=O)N[C@@H](CCC(=O)O)C(=O)N[C@@H](C(C)C)C(=O)NCC(=O)N[C@@H](CCCCN)C(=O)N[C@@H](C)C(=O)N1. The normalized spacial score (nSPS) is 22.9. The number of amides is 14. The van der Waals surface area contributed by atoms with Crippen molar-refractivity contribution in [2.45, 2.75) is 198 Å². The highest BCUT2D eigenvalue weighted by atomic mass is 32.2. The van der Waals surface area contributed by atoms with Gasteiger partial charge in [0.2, 0.25) is 82.7 Å². The van der Waals surface area contributed by atoms with Gasteiger partial charge in [-0.3, -0.25) is 81.5 Å². The van der Waals surface area contributed by atoms with Crippen molar-refractivity contribution in [3.8, 4) is 0 Å². The molecule has 37 heteroatoms. The number of carbonyl (C=O) groups is 17. The Bertz CT molecular complexity index is 3280. The van der Waals surface area contributed by atoms with Crippen molar-refractivity contribution in [1.29, 1.82) is 0 Å². The number of nitrogens with one attached hydrogen (secondary N) is 13. The summed E-state index contributed by atoms with van der Waals surface area (Å²) < 4.78 is 4.89. The van der Waals surface area contributed by atoms with Gasteiger partial charge in [-0.15, -0.1) is 0 Å². The average molecular weight is 1470 g/mol. The molecule has 0 bridgehead atoms. The van der Waals surface area contributed by atoms with Crippen LogP contribution in [-0.2, 0) is 92.7 Å². The molecular weight excluding hydrogens is 1370 g/mol. The van der Waals surface area contributed by atoms with Gasteiger partial charge in [0.1, 0.15) is 60.4 Å². The molecule has 1 fully saturated rings. The van der Waals surface area contributed by atoms with Gasteiger partial charge in [-0.05, 0) is 101 Å². The number of aliphatic carboxylic acids is 1. The molecule has 1 aliphatic rings. The molecule has 1 aliphatic heterocycles. The van der Waals surface area contributed by atoms with Gasteiger partial charge in [0, 0.05) is 61.5 Å². The number of benzene rings is 1. The highest BCUT2D eigenvalue weighted by Crippen LogP contribution is 2.21. The van der Waals surface area contributed by atoms with Crippen LogP contribution in [0.2, 0.25) is 0 Å². The van der Waals surface area contributed by atoms with E-state index >= 15 is 0 Å². The largest absolute Gasteiger partial charge is 0.481 e. The summed E-state index contributed by atoms with van der Waals surface area (Å²) in [4.78, 5) is 235. The zero-order valence-corrected chi connectivity index (χ0v) is 60.1. The minimum absolute atomic E-state index is 0.0478. The number of carbonyl (C=O) groups excluding carboxylic acids is 16. The van der Waals surface area contributed by atoms with Crippen molar-refractivity contribution in [2.24, 2.45) is 29.0 Å². The van der Waals surface area contributed by atoms with Crippen LogP contribution in [0.3, 0.4) is 0 Å². The fourth-order valence-corrected chi connectivity index (χ4v) is 11.5. The number of fused-ring (bicyclic) bond motifs is 1. The van der Waals surface area contributed by atoms with Crippen LogP contribution in [0.4, 0.5) is 0 Å². The Morgan fingerprint density at radius 3 is 1.81 bits per heavy atom. The maximum atomic E-state index is 14.8. The van der Waals surface area contributed by atoms with Crippen LogP contribution in [0.15, 0.2) is 30.5 Å². The molecule has 0 radical (unpaired) electrons. The number of nitrogens with two attached hydrogens (primary N) is 3. The highest BCUT2D eigenvalue weighted by molar-refractivity contribution is 8.13. The van der Waals surface area contributed by atoms with Crippen LogP contribution >= 0.6 is 23.5 Å². The lowest BCUT2D eigenvalue weighted by molar-refractivity contribution is -0.142. The summed E-state index contributed by atoms with van der Waals surface area (Å²) in [5.41, 5.74) is 17.9. The van der Waals surface area contributed by atoms with E-state index in [0.717, 1.165) is 11.8 Å². The first-order chi connectivity index (χ1) is 48.3. The topological polar surface area (TPSA) is 558 Å². The number of unbranched alkanes of at least 4 members (excludes halogenated alkanes) is 1. The number of H-pyrrole nitrogens is 1. The summed E-state index contributed by atoms with van der Waals surface area (Å²) in [6, 6.07) is -8.97. The van der Waals surface area contributed by atoms with E-state index in [1.54, 1.807) is 57.5 Å². The van der Waals surface area contributed by atoms with Crippen LogP contribution in [0.5, 0.6) is 0 Å². The standard InChI is InChI=1S/C65H100N16O19S2/c1-8-35(5)55-65(99)79-46(31-48(68)83)63(97)77-44(24-28-101-7)60(94)78-45(30-37-32-70-39-15-11-10-14-38(37)39)62(96)76-42(17-20-47(67)82)59(93)75-43(19-22-51(86)87)61(95)81-54(34(3)4)64(98)71-33-50(85)73-40(16-12-13-26-66)58(92)72-36(6)56(90)74-41(18-21-49(84)80-55)57(91)69-27-23-53(89)102-29-25-52(88)100-9-2/h10-11,14-15,32,34-36,40-46,54-55,70H,8-9,12-13,16-31,33,66H2,1-7H3,(H2,67,82)(H2,68,83)(H,69,91)(H,71,98)(H,72,92)(H,73,85)(H,74,90)(H,75,93)(H,76,96)(H,77,97)(H,78,94)(H,79,99)(H,80,84)(H,81,95)(H,86,87)/t35-,36-,40-,41-,42-,43-,44-,45-,46-,54-,55-/m0/s1. The summed E-state index contributed by atoms with van der Waals surface area (Å²) in [6.45, 7) is 8.42. The third kappa shape index (κ3) is 31.2. The summed E-state index contributed by atoms with van der Waals surface area (Å²) in [5, 5.41) is 40.0. The molecule has 1 saturated heterocycles. The third-order valence-corrected chi connectivity index (χ3v) is 17.8. The minimum Gasteiger partial charge on any atom is -0.481 e. The lowest BCUT2D eigenvalue weighted by Gasteiger charge is -2.28. The zero-order chi connectivity index (χ0) is 76.2. The predicted molar refractivity (Wildman–Crippen MR) is 375 cm³/mol. The summed E-state index contributed by atoms with van der Waals surface area (Å²) in [5.74, 6) is -17.1. The fourth-order valence-electron chi connectivity index (χ4n) is 10.3. The first-order valence-electron chi connectivity index (χ1n) is 33.7. The second-order valence-electron chi connectivity index (χ2n) is 24.7. The molecule has 20 N–H and O–H groups in total. The molecule has 2 heterocycles. The molecule has 35 nitrogen and oxygen atoms in total. The third-order valence-electron chi connectivity index (χ3n) is 16.2. The van der Waals surface area contributed by atoms with Gasteiger partial charge in [-0.1, -0.05) is 64.1 Å². The molecule has 102 heavy (non-hydrogen) atoms. The fraction of sp³-hybridized carbons (Fsp3) is 0.615. The first-order valence-corrected chi connectivity index (χ1v) is 36.1. The smallest absolute Gasteiger partial charge is 0.306 e. The summed E-state index contributed by atoms with van der Waals surface area (Å²) in [7, 11) is 0. The Balaban J connectivity index is 2.22. The van der Waals surface area contributed by atoms with Gasteiger partial charge < -0.3 is 95.8 Å². The van der Waals surface area contributed by atoms with Crippen molar-refractivity contribution in [2.75, 3.05) is 44.0 Å². The van der Waals surface area contributed by atoms with Crippen LogP contribution in [0.25, 0.3) is 10.9 Å². The number of hydrogen-bond donors (Lipinski definition) is 17. The molecule has 566 valence electrons. The van der Waals surface area contributed by atoms with Gasteiger partial charge in [0.05, 0.1) is 26.0 Å². The van der Waals surface area contributed by atoms with E-state index in [4.69, 9.17) is 21.9 Å². The van der Waals surface area contributed by atoms with Crippen molar-refractivity contribution in [3.05, 3.63) is 36.0 Å². The number of hydrogen-bond acceptors (Lipinski definition) is 21. The number of aromatic amines is 1. The number of carboxylic acid groups (broad SMARTS) is 1. The van der Waals surface area contributed by atoms with E-state index in [-0.39, 0.29) is 76.1 Å². The van der Waals surface area contributed by atoms with E-state index < -0.39 is 223 Å². The Morgan fingerprint density at radius 2 is 1.21 bits per heavy atom. The second kappa shape index (κ2) is 45.5. The Hall–Kier alpha value is -9.39. The van der Waals surface area contributed by atoms with Gasteiger partial charge in [0.25, 0.3) is 0 Å². The van der Waals surface area contributed by atoms with Crippen LogP contribution in [0.1, 0.15) is 137 Å². The molecular formula is C65H100N16O19S2. The number of primary amides is 2. The second-order valence-corrected chi connectivity index (χ2v) is 26.8. The Labute approximate surface area is 599 Å². The number of para-hydroxylation sites is 1. The van der Waals surface area contributed by atoms with Crippen LogP contribution < -0.4 is 81.0 Å². The van der Waals surface area contributed by atoms with Gasteiger partial charge in [0.15, 0.2) is 5.12 Å². The maximum absolute atomic E-state index is 14.8. The predicted octanol–water partition coefficient (Wildman–Crippen LogP) is -3.20. The molecule has 2 aromatic rings. The molecule has 14 amide bonds. The summed E-state index contributed by atoms with van der Waals surface area (Å²) >= 11 is 2.07. The number of carboxylic acids is 1. The van der Waals surface area contributed by atoms with Gasteiger partial charge in [-0.25, -0.2) is 0 Å². The Morgan fingerprint density at radius 1 is 0.618 bits per heavy atom. The van der Waals surface area contributed by atoms with E-state index in [1.807, 2.05) is 0 Å². The zero-order valence-electron chi connectivity index (χ0n) is 58.5. The van der Waals surface area contributed by atoms with Crippen molar-refractivity contribution < 1.29 is 91.4 Å². The number of aromatic nitrogens is 1. The number of esters is 1. The van der Waals surface area contributed by atoms with E-state index in [0.29, 0.717) is 22.9 Å². The molecule has 0 saturated carbocycles. The first kappa shape index (κ1) is 86.8. The van der Waals surface area contributed by atoms with Gasteiger partial charge in [-0.2, -0.15) is 11.8 Å². The molecule has 0 spiro atoms. The highest BCUT2D eigenvalue weighted by Gasteiger charge is 2.38. The van der Waals surface area contributed by atoms with E-state index in [2.05, 4.69) is 68.8 Å². The molecule has 3 rings (SSSR count). The molecule has 1 aromatic heterocycles. The van der Waals surface area contributed by atoms with Crippen molar-refractivity contribution >= 4 is 134 Å².